The van der Waals surface area contributed by atoms with Gasteiger partial charge in [0.2, 0.25) is 5.88 Å². The van der Waals surface area contributed by atoms with Crippen LogP contribution in [0.2, 0.25) is 0 Å². The van der Waals surface area contributed by atoms with Crippen LogP contribution in [0.1, 0.15) is 37.7 Å². The van der Waals surface area contributed by atoms with Crippen LogP contribution in [0.4, 0.5) is 17.3 Å². The molecule has 1 aliphatic carbocycles. The lowest BCUT2D eigenvalue weighted by atomic mass is 9.95. The molecule has 1 saturated carbocycles. The van der Waals surface area contributed by atoms with Gasteiger partial charge in [0, 0.05) is 35.6 Å². The number of ether oxygens (including phenoxy) is 2. The minimum Gasteiger partial charge on any atom is -0.481 e. The summed E-state index contributed by atoms with van der Waals surface area (Å²) < 4.78 is 10.9. The molecule has 0 bridgehead atoms. The molecular formula is C26H26N6O2. The van der Waals surface area contributed by atoms with Crippen molar-refractivity contribution >= 4 is 17.3 Å². The minimum absolute atomic E-state index is 0.0801. The Morgan fingerprint density at radius 3 is 2.68 bits per heavy atom. The quantitative estimate of drug-likeness (QED) is 0.464. The predicted molar refractivity (Wildman–Crippen MR) is 130 cm³/mol. The summed E-state index contributed by atoms with van der Waals surface area (Å²) in [5, 5.41) is 25.3. The second-order valence-corrected chi connectivity index (χ2v) is 8.05. The second kappa shape index (κ2) is 11.0. The number of rotatable bonds is 8. The number of aromatic nitrogens is 2. The monoisotopic (exact) mass is 454 g/mol. The molecule has 0 unspecified atom stereocenters. The molecule has 8 nitrogen and oxygen atoms in total. The number of nitriles is 2. The zero-order chi connectivity index (χ0) is 23.8. The van der Waals surface area contributed by atoms with E-state index in [4.69, 9.17) is 14.7 Å². The van der Waals surface area contributed by atoms with Gasteiger partial charge in [-0.3, -0.25) is 0 Å². The first-order valence-corrected chi connectivity index (χ1v) is 11.3. The molecule has 1 fully saturated rings. The average Bonchev–Trinajstić information content (AvgIpc) is 2.88. The van der Waals surface area contributed by atoms with Crippen molar-refractivity contribution in [3.63, 3.8) is 0 Å². The van der Waals surface area contributed by atoms with Crippen LogP contribution >= 0.6 is 0 Å². The SMILES string of the molecule is COc1cc(-c2ccc(Nc3ccc(C#N)c(NC4CCCCC4)n3)cc2OCC#N)ccn1. The van der Waals surface area contributed by atoms with E-state index in [-0.39, 0.29) is 6.61 Å². The van der Waals surface area contributed by atoms with Crippen molar-refractivity contribution in [3.05, 3.63) is 54.2 Å². The van der Waals surface area contributed by atoms with Gasteiger partial charge in [-0.05, 0) is 48.7 Å². The van der Waals surface area contributed by atoms with Crippen molar-refractivity contribution < 1.29 is 9.47 Å². The van der Waals surface area contributed by atoms with E-state index in [2.05, 4.69) is 26.7 Å². The van der Waals surface area contributed by atoms with E-state index in [1.165, 1.54) is 19.3 Å². The average molecular weight is 455 g/mol. The Labute approximate surface area is 199 Å². The molecule has 34 heavy (non-hydrogen) atoms. The number of benzene rings is 1. The number of nitrogens with zero attached hydrogens (tertiary/aromatic N) is 4. The van der Waals surface area contributed by atoms with Gasteiger partial charge in [-0.1, -0.05) is 19.3 Å². The van der Waals surface area contributed by atoms with Crippen LogP contribution in [0, 0.1) is 22.7 Å². The van der Waals surface area contributed by atoms with Crippen molar-refractivity contribution in [1.29, 1.82) is 10.5 Å². The molecule has 2 aromatic heterocycles. The van der Waals surface area contributed by atoms with Gasteiger partial charge in [0.1, 0.15) is 29.5 Å². The number of methoxy groups -OCH3 is 1. The zero-order valence-electron chi connectivity index (χ0n) is 19.0. The third-order valence-corrected chi connectivity index (χ3v) is 5.76. The molecule has 2 heterocycles. The summed E-state index contributed by atoms with van der Waals surface area (Å²) in [5.41, 5.74) is 2.95. The van der Waals surface area contributed by atoms with Gasteiger partial charge < -0.3 is 20.1 Å². The molecule has 0 amide bonds. The molecule has 3 aromatic rings. The third-order valence-electron chi connectivity index (χ3n) is 5.76. The van der Waals surface area contributed by atoms with Gasteiger partial charge in [-0.2, -0.15) is 10.5 Å². The first-order chi connectivity index (χ1) is 16.7. The largest absolute Gasteiger partial charge is 0.481 e. The molecule has 0 spiro atoms. The second-order valence-electron chi connectivity index (χ2n) is 8.05. The minimum atomic E-state index is -0.0801. The summed E-state index contributed by atoms with van der Waals surface area (Å²) in [6.07, 6.45) is 7.49. The van der Waals surface area contributed by atoms with Crippen LogP contribution < -0.4 is 20.1 Å². The summed E-state index contributed by atoms with van der Waals surface area (Å²) in [6.45, 7) is -0.0801. The van der Waals surface area contributed by atoms with Gasteiger partial charge in [0.15, 0.2) is 6.61 Å². The van der Waals surface area contributed by atoms with E-state index in [9.17, 15) is 5.26 Å². The van der Waals surface area contributed by atoms with E-state index in [1.54, 1.807) is 25.4 Å². The van der Waals surface area contributed by atoms with Gasteiger partial charge >= 0.3 is 0 Å². The van der Waals surface area contributed by atoms with Crippen LogP contribution in [0.15, 0.2) is 48.7 Å². The first-order valence-electron chi connectivity index (χ1n) is 11.3. The molecule has 0 saturated heterocycles. The molecule has 0 atom stereocenters. The topological polar surface area (TPSA) is 116 Å². The van der Waals surface area contributed by atoms with Gasteiger partial charge in [0.25, 0.3) is 0 Å². The number of hydrogen-bond acceptors (Lipinski definition) is 8. The molecule has 4 rings (SSSR count). The summed E-state index contributed by atoms with van der Waals surface area (Å²) >= 11 is 0. The van der Waals surface area contributed by atoms with E-state index in [1.807, 2.05) is 36.4 Å². The summed E-state index contributed by atoms with van der Waals surface area (Å²) in [6, 6.07) is 17.4. The van der Waals surface area contributed by atoms with Crippen LogP contribution in [-0.2, 0) is 0 Å². The fraction of sp³-hybridized carbons (Fsp3) is 0.308. The summed E-state index contributed by atoms with van der Waals surface area (Å²) in [4.78, 5) is 8.81. The summed E-state index contributed by atoms with van der Waals surface area (Å²) in [7, 11) is 1.56. The Morgan fingerprint density at radius 2 is 1.91 bits per heavy atom. The lowest BCUT2D eigenvalue weighted by Gasteiger charge is -2.24. The zero-order valence-corrected chi connectivity index (χ0v) is 19.0. The molecule has 0 aliphatic heterocycles. The van der Waals surface area contributed by atoms with E-state index in [0.717, 1.165) is 29.7 Å². The maximum Gasteiger partial charge on any atom is 0.213 e. The smallest absolute Gasteiger partial charge is 0.213 e. The normalized spacial score (nSPS) is 13.4. The Kier molecular flexibility index (Phi) is 7.42. The van der Waals surface area contributed by atoms with Crippen LogP contribution in [0.25, 0.3) is 11.1 Å². The predicted octanol–water partition coefficient (Wildman–Crippen LogP) is 5.41. The van der Waals surface area contributed by atoms with E-state index < -0.39 is 0 Å². The van der Waals surface area contributed by atoms with Crippen molar-refractivity contribution in [3.8, 4) is 34.9 Å². The fourth-order valence-electron chi connectivity index (χ4n) is 4.07. The highest BCUT2D eigenvalue weighted by Gasteiger charge is 2.16. The van der Waals surface area contributed by atoms with Gasteiger partial charge in [-0.15, -0.1) is 0 Å². The van der Waals surface area contributed by atoms with E-state index in [0.29, 0.717) is 34.9 Å². The maximum atomic E-state index is 9.52. The third kappa shape index (κ3) is 5.54. The molecule has 172 valence electrons. The van der Waals surface area contributed by atoms with Crippen LogP contribution in [0.3, 0.4) is 0 Å². The summed E-state index contributed by atoms with van der Waals surface area (Å²) in [5.74, 6) is 2.25. The first kappa shape index (κ1) is 22.9. The number of pyridine rings is 2. The van der Waals surface area contributed by atoms with Crippen LogP contribution in [0.5, 0.6) is 11.6 Å². The highest BCUT2D eigenvalue weighted by molar-refractivity contribution is 5.75. The Balaban J connectivity index is 1.60. The highest BCUT2D eigenvalue weighted by atomic mass is 16.5. The number of hydrogen-bond donors (Lipinski definition) is 2. The Hall–Kier alpha value is -4.30. The Morgan fingerprint density at radius 1 is 1.06 bits per heavy atom. The molecule has 1 aliphatic rings. The van der Waals surface area contributed by atoms with E-state index >= 15 is 0 Å². The van der Waals surface area contributed by atoms with Crippen molar-refractivity contribution in [2.24, 2.45) is 0 Å². The maximum absolute atomic E-state index is 9.52. The Bertz CT molecular complexity index is 1220. The number of nitrogens with one attached hydrogen (secondary N) is 2. The molecule has 1 aromatic carbocycles. The molecule has 0 radical (unpaired) electrons. The molecule has 8 heteroatoms. The standard InChI is InChI=1S/C26H26N6O2/c1-33-25-15-18(11-13-29-25)22-9-8-21(16-23(22)34-14-12-27)30-24-10-7-19(17-28)26(32-24)31-20-5-3-2-4-6-20/h7-11,13,15-16,20H,2-6,14H2,1H3,(H2,30,31,32). The fourth-order valence-corrected chi connectivity index (χ4v) is 4.07. The molecular weight excluding hydrogens is 428 g/mol. The van der Waals surface area contributed by atoms with Crippen molar-refractivity contribution in [2.75, 3.05) is 24.4 Å². The van der Waals surface area contributed by atoms with Gasteiger partial charge in [0.05, 0.1) is 12.7 Å². The van der Waals surface area contributed by atoms with Crippen LogP contribution in [-0.4, -0.2) is 29.7 Å². The van der Waals surface area contributed by atoms with Crippen molar-refractivity contribution in [2.45, 2.75) is 38.1 Å². The lowest BCUT2D eigenvalue weighted by Crippen LogP contribution is -2.23. The number of anilines is 3. The lowest BCUT2D eigenvalue weighted by molar-refractivity contribution is 0.370. The highest BCUT2D eigenvalue weighted by Crippen LogP contribution is 2.35. The van der Waals surface area contributed by atoms with Gasteiger partial charge in [-0.25, -0.2) is 9.97 Å². The molecule has 2 N–H and O–H groups in total. The van der Waals surface area contributed by atoms with Crippen molar-refractivity contribution in [1.82, 2.24) is 9.97 Å².